The van der Waals surface area contributed by atoms with Gasteiger partial charge in [0.05, 0.1) is 11.2 Å². The molecule has 0 saturated carbocycles. The number of para-hydroxylation sites is 1. The van der Waals surface area contributed by atoms with E-state index in [1.807, 2.05) is 60.7 Å². The highest BCUT2D eigenvalue weighted by molar-refractivity contribution is 5.88. The summed E-state index contributed by atoms with van der Waals surface area (Å²) >= 11 is 0. The molecule has 0 radical (unpaired) electrons. The van der Waals surface area contributed by atoms with E-state index in [1.165, 1.54) is 6.92 Å². The number of nitrogens with zero attached hydrogens (tertiary/aromatic N) is 1. The largest absolute Gasteiger partial charge is 0.487 e. The molecule has 22 heavy (non-hydrogen) atoms. The fourth-order valence-electron chi connectivity index (χ4n) is 2.18. The number of ether oxygens (including phenoxy) is 1. The van der Waals surface area contributed by atoms with Crippen LogP contribution in [0.4, 0.5) is 5.69 Å². The number of nitrogens with one attached hydrogen (secondary N) is 1. The summed E-state index contributed by atoms with van der Waals surface area (Å²) in [4.78, 5) is 15.5. The van der Waals surface area contributed by atoms with Gasteiger partial charge in [0.1, 0.15) is 12.4 Å². The first-order valence-electron chi connectivity index (χ1n) is 7.06. The lowest BCUT2D eigenvalue weighted by atomic mass is 10.2. The maximum atomic E-state index is 11.0. The van der Waals surface area contributed by atoms with E-state index in [2.05, 4.69) is 10.3 Å². The van der Waals surface area contributed by atoms with Gasteiger partial charge in [-0.1, -0.05) is 24.3 Å². The van der Waals surface area contributed by atoms with Crippen LogP contribution < -0.4 is 10.1 Å². The van der Waals surface area contributed by atoms with Crippen molar-refractivity contribution in [2.45, 2.75) is 13.5 Å². The molecular weight excluding hydrogens is 276 g/mol. The van der Waals surface area contributed by atoms with E-state index in [-0.39, 0.29) is 5.91 Å². The van der Waals surface area contributed by atoms with Crippen LogP contribution in [0, 0.1) is 0 Å². The molecule has 0 unspecified atom stereocenters. The van der Waals surface area contributed by atoms with E-state index >= 15 is 0 Å². The lowest BCUT2D eigenvalue weighted by molar-refractivity contribution is -0.114. The van der Waals surface area contributed by atoms with E-state index in [9.17, 15) is 4.79 Å². The minimum Gasteiger partial charge on any atom is -0.487 e. The highest BCUT2D eigenvalue weighted by Gasteiger charge is 2.01. The van der Waals surface area contributed by atoms with Gasteiger partial charge in [-0.2, -0.15) is 0 Å². The molecule has 2 aromatic carbocycles. The summed E-state index contributed by atoms with van der Waals surface area (Å²) in [5.74, 6) is 0.651. The molecule has 3 rings (SSSR count). The van der Waals surface area contributed by atoms with E-state index < -0.39 is 0 Å². The highest BCUT2D eigenvalue weighted by atomic mass is 16.5. The summed E-state index contributed by atoms with van der Waals surface area (Å²) in [6.07, 6.45) is 0. The predicted molar refractivity (Wildman–Crippen MR) is 86.8 cm³/mol. The molecule has 0 saturated heterocycles. The fourth-order valence-corrected chi connectivity index (χ4v) is 2.18. The minimum absolute atomic E-state index is 0.0889. The minimum atomic E-state index is -0.0889. The first-order chi connectivity index (χ1) is 10.7. The van der Waals surface area contributed by atoms with Crippen molar-refractivity contribution in [3.63, 3.8) is 0 Å². The van der Waals surface area contributed by atoms with E-state index in [0.717, 1.165) is 28.0 Å². The fraction of sp³-hybridized carbons (Fsp3) is 0.111. The van der Waals surface area contributed by atoms with Crippen LogP contribution in [0.25, 0.3) is 10.9 Å². The molecule has 4 heteroatoms. The summed E-state index contributed by atoms with van der Waals surface area (Å²) in [6, 6.07) is 19.3. The molecule has 0 bridgehead atoms. The number of carbonyl (C=O) groups excluding carboxylic acids is 1. The number of hydrogen-bond acceptors (Lipinski definition) is 3. The van der Waals surface area contributed by atoms with Crippen molar-refractivity contribution in [2.75, 3.05) is 5.32 Å². The topological polar surface area (TPSA) is 51.2 Å². The second kappa shape index (κ2) is 6.26. The van der Waals surface area contributed by atoms with Crippen molar-refractivity contribution in [3.8, 4) is 5.75 Å². The van der Waals surface area contributed by atoms with Gasteiger partial charge in [-0.3, -0.25) is 4.79 Å². The summed E-state index contributed by atoms with van der Waals surface area (Å²) in [5.41, 5.74) is 2.60. The van der Waals surface area contributed by atoms with Gasteiger partial charge in [0.2, 0.25) is 5.91 Å². The highest BCUT2D eigenvalue weighted by Crippen LogP contribution is 2.18. The molecule has 0 aliphatic heterocycles. The number of fused-ring (bicyclic) bond motifs is 1. The van der Waals surface area contributed by atoms with Crippen LogP contribution in [0.5, 0.6) is 5.75 Å². The number of hydrogen-bond donors (Lipinski definition) is 1. The van der Waals surface area contributed by atoms with Gasteiger partial charge in [0, 0.05) is 18.0 Å². The van der Waals surface area contributed by atoms with Crippen molar-refractivity contribution in [1.82, 2.24) is 4.98 Å². The van der Waals surface area contributed by atoms with Crippen LogP contribution in [0.15, 0.2) is 60.7 Å². The average Bonchev–Trinajstić information content (AvgIpc) is 2.53. The number of aromatic nitrogens is 1. The molecule has 3 aromatic rings. The van der Waals surface area contributed by atoms with E-state index in [0.29, 0.717) is 6.61 Å². The Morgan fingerprint density at radius 2 is 1.82 bits per heavy atom. The summed E-state index contributed by atoms with van der Waals surface area (Å²) in [7, 11) is 0. The molecule has 4 nitrogen and oxygen atoms in total. The molecule has 0 fully saturated rings. The maximum Gasteiger partial charge on any atom is 0.221 e. The standard InChI is InChI=1S/C18H16N2O2/c1-13(21)19-15-8-10-17(11-9-15)22-12-16-7-6-14-4-2-3-5-18(14)20-16/h2-11H,12H2,1H3,(H,19,21). The van der Waals surface area contributed by atoms with Gasteiger partial charge in [-0.25, -0.2) is 4.98 Å². The van der Waals surface area contributed by atoms with Gasteiger partial charge < -0.3 is 10.1 Å². The van der Waals surface area contributed by atoms with Crippen molar-refractivity contribution < 1.29 is 9.53 Å². The van der Waals surface area contributed by atoms with Crippen molar-refractivity contribution >= 4 is 22.5 Å². The Morgan fingerprint density at radius 3 is 2.59 bits per heavy atom. The number of carbonyl (C=O) groups is 1. The maximum absolute atomic E-state index is 11.0. The second-order valence-corrected chi connectivity index (χ2v) is 4.99. The Kier molecular flexibility index (Phi) is 4.01. The molecule has 0 aliphatic rings. The van der Waals surface area contributed by atoms with Crippen LogP contribution in [0.3, 0.4) is 0 Å². The average molecular weight is 292 g/mol. The molecule has 1 N–H and O–H groups in total. The van der Waals surface area contributed by atoms with Crippen LogP contribution in [-0.4, -0.2) is 10.9 Å². The van der Waals surface area contributed by atoms with E-state index in [1.54, 1.807) is 0 Å². The number of amides is 1. The first kappa shape index (κ1) is 14.1. The molecule has 110 valence electrons. The van der Waals surface area contributed by atoms with Crippen molar-refractivity contribution in [3.05, 3.63) is 66.4 Å². The number of anilines is 1. The SMILES string of the molecule is CC(=O)Nc1ccc(OCc2ccc3ccccc3n2)cc1. The Bertz CT molecular complexity index is 798. The van der Waals surface area contributed by atoms with Gasteiger partial charge >= 0.3 is 0 Å². The van der Waals surface area contributed by atoms with Crippen LogP contribution in [0.1, 0.15) is 12.6 Å². The third kappa shape index (κ3) is 3.41. The molecule has 1 aromatic heterocycles. The summed E-state index contributed by atoms with van der Waals surface area (Å²) in [5, 5.41) is 3.84. The quantitative estimate of drug-likeness (QED) is 0.796. The predicted octanol–water partition coefficient (Wildman–Crippen LogP) is 3.77. The zero-order valence-electron chi connectivity index (χ0n) is 12.2. The molecule has 0 aliphatic carbocycles. The van der Waals surface area contributed by atoms with Crippen LogP contribution in [0.2, 0.25) is 0 Å². The smallest absolute Gasteiger partial charge is 0.221 e. The first-order valence-corrected chi connectivity index (χ1v) is 7.06. The summed E-state index contributed by atoms with van der Waals surface area (Å²) < 4.78 is 5.73. The van der Waals surface area contributed by atoms with Gasteiger partial charge in [-0.15, -0.1) is 0 Å². The monoisotopic (exact) mass is 292 g/mol. The lowest BCUT2D eigenvalue weighted by Gasteiger charge is -2.08. The molecular formula is C18H16N2O2. The van der Waals surface area contributed by atoms with Gasteiger partial charge in [0.15, 0.2) is 0 Å². The Balaban J connectivity index is 1.67. The molecule has 1 heterocycles. The van der Waals surface area contributed by atoms with Crippen LogP contribution in [-0.2, 0) is 11.4 Å². The number of pyridine rings is 1. The van der Waals surface area contributed by atoms with Crippen LogP contribution >= 0.6 is 0 Å². The number of benzene rings is 2. The van der Waals surface area contributed by atoms with Crippen molar-refractivity contribution in [2.24, 2.45) is 0 Å². The Labute approximate surface area is 128 Å². The normalized spacial score (nSPS) is 10.4. The molecule has 0 atom stereocenters. The summed E-state index contributed by atoms with van der Waals surface area (Å²) in [6.45, 7) is 1.89. The van der Waals surface area contributed by atoms with Gasteiger partial charge in [-0.05, 0) is 36.4 Å². The molecule has 0 spiro atoms. The molecule has 1 amide bonds. The zero-order chi connectivity index (χ0) is 15.4. The van der Waals surface area contributed by atoms with Gasteiger partial charge in [0.25, 0.3) is 0 Å². The third-order valence-electron chi connectivity index (χ3n) is 3.22. The Hall–Kier alpha value is -2.88. The Morgan fingerprint density at radius 1 is 1.05 bits per heavy atom. The van der Waals surface area contributed by atoms with E-state index in [4.69, 9.17) is 4.74 Å². The second-order valence-electron chi connectivity index (χ2n) is 4.99. The zero-order valence-corrected chi connectivity index (χ0v) is 12.2. The third-order valence-corrected chi connectivity index (χ3v) is 3.22. The van der Waals surface area contributed by atoms with Crippen molar-refractivity contribution in [1.29, 1.82) is 0 Å². The number of rotatable bonds is 4. The lowest BCUT2D eigenvalue weighted by Crippen LogP contribution is -2.05.